The molecule has 1 saturated carbocycles. The summed E-state index contributed by atoms with van der Waals surface area (Å²) in [6.07, 6.45) is 8.44. The lowest BCUT2D eigenvalue weighted by molar-refractivity contribution is 0.0693. The highest BCUT2D eigenvalue weighted by Crippen LogP contribution is 2.26. The van der Waals surface area contributed by atoms with Crippen molar-refractivity contribution in [1.82, 2.24) is 4.57 Å². The Morgan fingerprint density at radius 3 is 2.32 bits per heavy atom. The normalized spacial score (nSPS) is 17.2. The number of carboxylic acid groups (broad SMARTS) is 1. The minimum Gasteiger partial charge on any atom is -0.477 e. The Kier molecular flexibility index (Phi) is 4.08. The van der Waals surface area contributed by atoms with Crippen LogP contribution in [0.15, 0.2) is 11.0 Å². The maximum absolute atomic E-state index is 12.4. The summed E-state index contributed by atoms with van der Waals surface area (Å²) in [6.45, 7) is 3.58. The van der Waals surface area contributed by atoms with Crippen molar-refractivity contribution in [3.05, 3.63) is 33.2 Å². The van der Waals surface area contributed by atoms with Gasteiger partial charge in [0.2, 0.25) is 0 Å². The Balaban J connectivity index is 2.51. The summed E-state index contributed by atoms with van der Waals surface area (Å²) in [4.78, 5) is 23.7. The first-order chi connectivity index (χ1) is 9.02. The van der Waals surface area contributed by atoms with E-state index in [2.05, 4.69) is 0 Å². The van der Waals surface area contributed by atoms with Crippen molar-refractivity contribution in [2.75, 3.05) is 0 Å². The lowest BCUT2D eigenvalue weighted by atomic mass is 10.0. The van der Waals surface area contributed by atoms with E-state index >= 15 is 0 Å². The number of rotatable bonds is 2. The Labute approximate surface area is 113 Å². The molecule has 1 fully saturated rings. The van der Waals surface area contributed by atoms with Gasteiger partial charge in [0, 0.05) is 12.2 Å². The fourth-order valence-corrected chi connectivity index (χ4v) is 2.91. The summed E-state index contributed by atoms with van der Waals surface area (Å²) in [5.74, 6) is -1.12. The number of hydrogen-bond acceptors (Lipinski definition) is 2. The lowest BCUT2D eigenvalue weighted by Gasteiger charge is -2.20. The molecule has 4 nitrogen and oxygen atoms in total. The molecule has 0 aromatic carbocycles. The Hall–Kier alpha value is -1.58. The van der Waals surface area contributed by atoms with Gasteiger partial charge < -0.3 is 9.67 Å². The maximum atomic E-state index is 12.4. The van der Waals surface area contributed by atoms with E-state index in [1.54, 1.807) is 11.5 Å². The smallest absolute Gasteiger partial charge is 0.341 e. The number of nitrogens with zero attached hydrogens (tertiary/aromatic N) is 1. The van der Waals surface area contributed by atoms with Gasteiger partial charge in [0.05, 0.1) is 0 Å². The topological polar surface area (TPSA) is 59.3 Å². The number of carboxylic acids is 1. The van der Waals surface area contributed by atoms with Crippen LogP contribution < -0.4 is 5.56 Å². The van der Waals surface area contributed by atoms with E-state index in [9.17, 15) is 14.7 Å². The molecule has 1 aliphatic carbocycles. The molecule has 0 bridgehead atoms. The average Bonchev–Trinajstić information content (AvgIpc) is 2.62. The largest absolute Gasteiger partial charge is 0.477 e. The van der Waals surface area contributed by atoms with Crippen LogP contribution in [0.1, 0.15) is 66.1 Å². The molecule has 1 aromatic rings. The number of aromatic nitrogens is 1. The first kappa shape index (κ1) is 13.8. The van der Waals surface area contributed by atoms with Gasteiger partial charge in [-0.25, -0.2) is 4.79 Å². The molecule has 1 heterocycles. The number of carbonyl (C=O) groups is 1. The van der Waals surface area contributed by atoms with E-state index in [1.807, 2.05) is 13.1 Å². The Morgan fingerprint density at radius 1 is 1.21 bits per heavy atom. The number of aromatic carboxylic acids is 1. The van der Waals surface area contributed by atoms with E-state index in [0.29, 0.717) is 5.56 Å². The molecule has 0 spiro atoms. The molecule has 19 heavy (non-hydrogen) atoms. The highest BCUT2D eigenvalue weighted by molar-refractivity contribution is 5.89. The molecule has 2 rings (SSSR count). The van der Waals surface area contributed by atoms with Gasteiger partial charge in [-0.2, -0.15) is 0 Å². The van der Waals surface area contributed by atoms with Gasteiger partial charge in [-0.05, 0) is 37.8 Å². The third kappa shape index (κ3) is 2.72. The molecule has 0 radical (unpaired) electrons. The van der Waals surface area contributed by atoms with E-state index in [1.165, 1.54) is 12.8 Å². The summed E-state index contributed by atoms with van der Waals surface area (Å²) in [6, 6.07) is 0.160. The first-order valence-electron chi connectivity index (χ1n) is 6.98. The number of aryl methyl sites for hydroxylation is 1. The SMILES string of the molecule is Cc1cn(C2CCCCCC2)c(=O)c(C(=O)O)c1C. The van der Waals surface area contributed by atoms with Gasteiger partial charge in [-0.3, -0.25) is 4.79 Å². The standard InChI is InChI=1S/C15H21NO3/c1-10-9-16(12-7-5-3-4-6-8-12)14(17)13(11(10)2)15(18)19/h9,12H,3-8H2,1-2H3,(H,18,19). The van der Waals surface area contributed by atoms with Gasteiger partial charge in [0.15, 0.2) is 0 Å². The molecule has 1 N–H and O–H groups in total. The van der Waals surface area contributed by atoms with Crippen LogP contribution in [0.3, 0.4) is 0 Å². The fraction of sp³-hybridized carbons (Fsp3) is 0.600. The molecule has 1 aromatic heterocycles. The summed E-state index contributed by atoms with van der Waals surface area (Å²) in [5.41, 5.74) is 1.05. The number of hydrogen-bond donors (Lipinski definition) is 1. The molecule has 0 saturated heterocycles. The van der Waals surface area contributed by atoms with Crippen molar-refractivity contribution in [1.29, 1.82) is 0 Å². The Bertz CT molecular complexity index is 537. The van der Waals surface area contributed by atoms with Crippen LogP contribution in [0.2, 0.25) is 0 Å². The number of pyridine rings is 1. The van der Waals surface area contributed by atoms with Crippen molar-refractivity contribution in [3.63, 3.8) is 0 Å². The monoisotopic (exact) mass is 263 g/mol. The van der Waals surface area contributed by atoms with Crippen LogP contribution in [0.5, 0.6) is 0 Å². The van der Waals surface area contributed by atoms with Gasteiger partial charge in [-0.1, -0.05) is 25.7 Å². The van der Waals surface area contributed by atoms with Gasteiger partial charge in [0.25, 0.3) is 5.56 Å². The van der Waals surface area contributed by atoms with E-state index < -0.39 is 5.97 Å². The van der Waals surface area contributed by atoms with Crippen molar-refractivity contribution >= 4 is 5.97 Å². The molecule has 0 amide bonds. The highest BCUT2D eigenvalue weighted by Gasteiger charge is 2.21. The second-order valence-corrected chi connectivity index (χ2v) is 5.48. The van der Waals surface area contributed by atoms with Crippen molar-refractivity contribution in [3.8, 4) is 0 Å². The predicted molar refractivity (Wildman–Crippen MR) is 73.9 cm³/mol. The third-order valence-electron chi connectivity index (χ3n) is 4.18. The lowest BCUT2D eigenvalue weighted by Crippen LogP contribution is -2.31. The molecule has 104 valence electrons. The van der Waals surface area contributed by atoms with Crippen LogP contribution in [0, 0.1) is 13.8 Å². The van der Waals surface area contributed by atoms with Crippen LogP contribution in [0.4, 0.5) is 0 Å². The van der Waals surface area contributed by atoms with Gasteiger partial charge in [0.1, 0.15) is 5.56 Å². The molecule has 1 aliphatic rings. The average molecular weight is 263 g/mol. The first-order valence-corrected chi connectivity index (χ1v) is 6.98. The van der Waals surface area contributed by atoms with E-state index in [-0.39, 0.29) is 17.2 Å². The van der Waals surface area contributed by atoms with E-state index in [0.717, 1.165) is 31.2 Å². The highest BCUT2D eigenvalue weighted by atomic mass is 16.4. The Morgan fingerprint density at radius 2 is 1.79 bits per heavy atom. The minimum atomic E-state index is -1.12. The molecule has 0 aliphatic heterocycles. The van der Waals surface area contributed by atoms with Gasteiger partial charge in [-0.15, -0.1) is 0 Å². The van der Waals surface area contributed by atoms with Crippen LogP contribution in [-0.2, 0) is 0 Å². The second-order valence-electron chi connectivity index (χ2n) is 5.48. The van der Waals surface area contributed by atoms with Gasteiger partial charge >= 0.3 is 5.97 Å². The molecule has 4 heteroatoms. The van der Waals surface area contributed by atoms with E-state index in [4.69, 9.17) is 0 Å². The van der Waals surface area contributed by atoms with Crippen molar-refractivity contribution < 1.29 is 9.90 Å². The van der Waals surface area contributed by atoms with Crippen molar-refractivity contribution in [2.24, 2.45) is 0 Å². The molecular weight excluding hydrogens is 242 g/mol. The molecule has 0 unspecified atom stereocenters. The quantitative estimate of drug-likeness (QED) is 0.834. The molecule has 0 atom stereocenters. The third-order valence-corrected chi connectivity index (χ3v) is 4.18. The minimum absolute atomic E-state index is 0.0655. The maximum Gasteiger partial charge on any atom is 0.341 e. The van der Waals surface area contributed by atoms with Crippen molar-refractivity contribution in [2.45, 2.75) is 58.4 Å². The fourth-order valence-electron chi connectivity index (χ4n) is 2.91. The summed E-state index contributed by atoms with van der Waals surface area (Å²) < 4.78 is 1.66. The zero-order valence-electron chi connectivity index (χ0n) is 11.6. The summed E-state index contributed by atoms with van der Waals surface area (Å²) in [5, 5.41) is 9.24. The zero-order valence-corrected chi connectivity index (χ0v) is 11.6. The second kappa shape index (κ2) is 5.59. The zero-order chi connectivity index (χ0) is 14.0. The van der Waals surface area contributed by atoms with Crippen LogP contribution in [0.25, 0.3) is 0 Å². The summed E-state index contributed by atoms with van der Waals surface area (Å²) >= 11 is 0. The summed E-state index contributed by atoms with van der Waals surface area (Å²) in [7, 11) is 0. The van der Waals surface area contributed by atoms with Crippen LogP contribution >= 0.6 is 0 Å². The molecular formula is C15H21NO3. The van der Waals surface area contributed by atoms with Crippen LogP contribution in [-0.4, -0.2) is 15.6 Å². The predicted octanol–water partition coefficient (Wildman–Crippen LogP) is 3.06.